The minimum absolute atomic E-state index is 0.0603. The van der Waals surface area contributed by atoms with Crippen molar-refractivity contribution in [1.29, 1.82) is 0 Å². The third-order valence-electron chi connectivity index (χ3n) is 3.64. The molecule has 8 heteroatoms. The van der Waals surface area contributed by atoms with E-state index >= 15 is 0 Å². The Labute approximate surface area is 168 Å². The Morgan fingerprint density at radius 2 is 1.93 bits per heavy atom. The smallest absolute Gasteiger partial charge is 0.379 e. The van der Waals surface area contributed by atoms with Crippen molar-refractivity contribution in [3.63, 3.8) is 0 Å². The summed E-state index contributed by atoms with van der Waals surface area (Å²) < 4.78 is 11.0. The van der Waals surface area contributed by atoms with Crippen LogP contribution in [0.1, 0.15) is 27.8 Å². The second-order valence-corrected chi connectivity index (χ2v) is 6.51. The highest BCUT2D eigenvalue weighted by Gasteiger charge is 2.17. The molecular weight excluding hydrogens is 428 g/mol. The number of halogens is 1. The van der Waals surface area contributed by atoms with E-state index in [0.29, 0.717) is 11.1 Å². The molecule has 0 saturated heterocycles. The number of aliphatic hydroxyl groups excluding tert-OH is 1. The van der Waals surface area contributed by atoms with E-state index in [1.807, 2.05) is 0 Å². The molecule has 3 rings (SSSR count). The van der Waals surface area contributed by atoms with Crippen molar-refractivity contribution in [3.05, 3.63) is 88.3 Å². The SMILES string of the molecule is O=C(Oc1ccc(Br)cc1/C=N/NC(=O)C(O)c1ccccc1)c1ccco1. The van der Waals surface area contributed by atoms with Gasteiger partial charge in [0, 0.05) is 10.0 Å². The Morgan fingerprint density at radius 3 is 2.64 bits per heavy atom. The number of esters is 1. The van der Waals surface area contributed by atoms with Crippen molar-refractivity contribution in [2.45, 2.75) is 6.10 Å². The molecule has 1 heterocycles. The molecule has 3 aromatic rings. The number of hydrazone groups is 1. The number of amides is 1. The van der Waals surface area contributed by atoms with E-state index in [2.05, 4.69) is 26.5 Å². The van der Waals surface area contributed by atoms with Crippen molar-refractivity contribution in [1.82, 2.24) is 5.43 Å². The zero-order valence-electron chi connectivity index (χ0n) is 14.4. The van der Waals surface area contributed by atoms with Gasteiger partial charge in [-0.25, -0.2) is 10.2 Å². The fraction of sp³-hybridized carbons (Fsp3) is 0.0500. The molecule has 1 unspecified atom stereocenters. The lowest BCUT2D eigenvalue weighted by atomic mass is 10.1. The first kappa shape index (κ1) is 19.5. The molecule has 0 aliphatic heterocycles. The van der Waals surface area contributed by atoms with Crippen LogP contribution in [0.15, 0.2) is 80.9 Å². The van der Waals surface area contributed by atoms with Gasteiger partial charge in [0.25, 0.3) is 5.91 Å². The van der Waals surface area contributed by atoms with Gasteiger partial charge in [0.15, 0.2) is 6.10 Å². The van der Waals surface area contributed by atoms with Crippen LogP contribution in [-0.4, -0.2) is 23.2 Å². The highest BCUT2D eigenvalue weighted by atomic mass is 79.9. The van der Waals surface area contributed by atoms with Crippen molar-refractivity contribution >= 4 is 34.0 Å². The van der Waals surface area contributed by atoms with Crippen LogP contribution >= 0.6 is 15.9 Å². The first-order valence-electron chi connectivity index (χ1n) is 8.16. The van der Waals surface area contributed by atoms with Crippen LogP contribution in [0.3, 0.4) is 0 Å². The van der Waals surface area contributed by atoms with Crippen LogP contribution in [-0.2, 0) is 4.79 Å². The number of nitrogens with zero attached hydrogens (tertiary/aromatic N) is 1. The van der Waals surface area contributed by atoms with Crippen LogP contribution in [0.5, 0.6) is 5.75 Å². The van der Waals surface area contributed by atoms with Crippen molar-refractivity contribution < 1.29 is 23.8 Å². The topological polar surface area (TPSA) is 101 Å². The predicted molar refractivity (Wildman–Crippen MR) is 105 cm³/mol. The molecular formula is C20H15BrN2O5. The van der Waals surface area contributed by atoms with Gasteiger partial charge in [0.1, 0.15) is 5.75 Å². The molecule has 2 aromatic carbocycles. The summed E-state index contributed by atoms with van der Waals surface area (Å²) in [4.78, 5) is 24.1. The molecule has 7 nitrogen and oxygen atoms in total. The Morgan fingerprint density at radius 1 is 1.14 bits per heavy atom. The normalized spacial score (nSPS) is 11.9. The molecule has 142 valence electrons. The highest BCUT2D eigenvalue weighted by Crippen LogP contribution is 2.23. The minimum Gasteiger partial charge on any atom is -0.457 e. The molecule has 0 bridgehead atoms. The van der Waals surface area contributed by atoms with Gasteiger partial charge in [-0.3, -0.25) is 4.79 Å². The Bertz CT molecular complexity index is 987. The quantitative estimate of drug-likeness (QED) is 0.263. The average molecular weight is 443 g/mol. The first-order valence-corrected chi connectivity index (χ1v) is 8.95. The van der Waals surface area contributed by atoms with Crippen LogP contribution < -0.4 is 10.2 Å². The second kappa shape index (κ2) is 9.12. The summed E-state index contributed by atoms with van der Waals surface area (Å²) in [6.45, 7) is 0. The monoisotopic (exact) mass is 442 g/mol. The number of rotatable bonds is 6. The van der Waals surface area contributed by atoms with E-state index in [9.17, 15) is 14.7 Å². The number of nitrogens with one attached hydrogen (secondary N) is 1. The molecule has 0 saturated carbocycles. The third-order valence-corrected chi connectivity index (χ3v) is 4.13. The first-order chi connectivity index (χ1) is 13.5. The molecule has 0 aliphatic rings. The molecule has 1 atom stereocenters. The number of aliphatic hydroxyl groups is 1. The molecule has 0 fully saturated rings. The Kier molecular flexibility index (Phi) is 6.36. The maximum atomic E-state index is 12.1. The van der Waals surface area contributed by atoms with E-state index in [4.69, 9.17) is 9.15 Å². The van der Waals surface area contributed by atoms with Gasteiger partial charge in [0.2, 0.25) is 5.76 Å². The van der Waals surface area contributed by atoms with Crippen molar-refractivity contribution in [2.75, 3.05) is 0 Å². The van der Waals surface area contributed by atoms with Crippen LogP contribution in [0.25, 0.3) is 0 Å². The van der Waals surface area contributed by atoms with Gasteiger partial charge in [-0.05, 0) is 35.9 Å². The molecule has 2 N–H and O–H groups in total. The molecule has 28 heavy (non-hydrogen) atoms. The molecule has 1 amide bonds. The Hall–Kier alpha value is -3.23. The zero-order valence-corrected chi connectivity index (χ0v) is 16.0. The largest absolute Gasteiger partial charge is 0.457 e. The number of benzene rings is 2. The number of hydrogen-bond acceptors (Lipinski definition) is 6. The average Bonchev–Trinajstić information content (AvgIpc) is 3.25. The fourth-order valence-corrected chi connectivity index (χ4v) is 2.65. The van der Waals surface area contributed by atoms with Gasteiger partial charge in [-0.2, -0.15) is 5.10 Å². The van der Waals surface area contributed by atoms with E-state index < -0.39 is 18.0 Å². The number of hydrogen-bond donors (Lipinski definition) is 2. The minimum atomic E-state index is -1.35. The van der Waals surface area contributed by atoms with E-state index in [1.165, 1.54) is 18.5 Å². The van der Waals surface area contributed by atoms with Gasteiger partial charge in [-0.1, -0.05) is 46.3 Å². The highest BCUT2D eigenvalue weighted by molar-refractivity contribution is 9.10. The van der Waals surface area contributed by atoms with E-state index in [0.717, 1.165) is 4.47 Å². The summed E-state index contributed by atoms with van der Waals surface area (Å²) in [6, 6.07) is 16.5. The lowest BCUT2D eigenvalue weighted by Crippen LogP contribution is -2.25. The fourth-order valence-electron chi connectivity index (χ4n) is 2.27. The summed E-state index contributed by atoms with van der Waals surface area (Å²) in [6.07, 6.45) is 1.33. The van der Waals surface area contributed by atoms with Crippen molar-refractivity contribution in [3.8, 4) is 5.75 Å². The predicted octanol–water partition coefficient (Wildman–Crippen LogP) is 3.45. The lowest BCUT2D eigenvalue weighted by molar-refractivity contribution is -0.129. The summed E-state index contributed by atoms with van der Waals surface area (Å²) in [5, 5.41) is 13.9. The maximum Gasteiger partial charge on any atom is 0.379 e. The Balaban J connectivity index is 1.70. The van der Waals surface area contributed by atoms with Gasteiger partial charge in [-0.15, -0.1) is 0 Å². The molecule has 1 aromatic heterocycles. The van der Waals surface area contributed by atoms with E-state index in [-0.39, 0.29) is 11.5 Å². The van der Waals surface area contributed by atoms with Crippen LogP contribution in [0.4, 0.5) is 0 Å². The maximum absolute atomic E-state index is 12.1. The van der Waals surface area contributed by atoms with Gasteiger partial charge < -0.3 is 14.3 Å². The number of ether oxygens (including phenoxy) is 1. The van der Waals surface area contributed by atoms with E-state index in [1.54, 1.807) is 54.6 Å². The van der Waals surface area contributed by atoms with Crippen LogP contribution in [0.2, 0.25) is 0 Å². The standard InChI is InChI=1S/C20H15BrN2O5/c21-15-8-9-16(28-20(26)17-7-4-10-27-17)14(11-15)12-22-23-19(25)18(24)13-5-2-1-3-6-13/h1-12,18,24H,(H,23,25)/b22-12+. The summed E-state index contributed by atoms with van der Waals surface area (Å²) in [5.41, 5.74) is 3.15. The summed E-state index contributed by atoms with van der Waals surface area (Å²) in [5.74, 6) is -1.06. The van der Waals surface area contributed by atoms with Gasteiger partial charge in [0.05, 0.1) is 12.5 Å². The summed E-state index contributed by atoms with van der Waals surface area (Å²) in [7, 11) is 0. The van der Waals surface area contributed by atoms with Gasteiger partial charge >= 0.3 is 5.97 Å². The number of carbonyl (C=O) groups is 2. The van der Waals surface area contributed by atoms with Crippen LogP contribution in [0, 0.1) is 0 Å². The molecule has 0 spiro atoms. The van der Waals surface area contributed by atoms with Crippen molar-refractivity contribution in [2.24, 2.45) is 5.10 Å². The lowest BCUT2D eigenvalue weighted by Gasteiger charge is -2.09. The molecule has 0 aliphatic carbocycles. The third kappa shape index (κ3) is 4.93. The second-order valence-electron chi connectivity index (χ2n) is 5.60. The summed E-state index contributed by atoms with van der Waals surface area (Å²) >= 11 is 3.33. The number of carbonyl (C=O) groups excluding carboxylic acids is 2. The number of furan rings is 1. The molecule has 0 radical (unpaired) electrons. The zero-order chi connectivity index (χ0) is 19.9.